The minimum absolute atomic E-state index is 0.568. The second kappa shape index (κ2) is 6.45. The van der Waals surface area contributed by atoms with Crippen LogP contribution in [0.2, 0.25) is 0 Å². The lowest BCUT2D eigenvalue weighted by atomic mass is 10.0. The van der Waals surface area contributed by atoms with Crippen molar-refractivity contribution in [3.63, 3.8) is 0 Å². The van der Waals surface area contributed by atoms with E-state index in [2.05, 4.69) is 44.2 Å². The fourth-order valence-electron chi connectivity index (χ4n) is 1.87. The molecular formula is C17H17NS. The zero-order chi connectivity index (χ0) is 13.7. The number of thioether (sulfide) groups is 1. The molecule has 0 N–H and O–H groups in total. The molecular weight excluding hydrogens is 250 g/mol. The molecule has 0 amide bonds. The SMILES string of the molecule is CC(C)c1ccc(SCc2ccccc2C#N)cc1. The summed E-state index contributed by atoms with van der Waals surface area (Å²) in [7, 11) is 0. The lowest BCUT2D eigenvalue weighted by Gasteiger charge is -2.07. The molecule has 0 bridgehead atoms. The molecule has 2 heteroatoms. The van der Waals surface area contributed by atoms with Gasteiger partial charge in [0.25, 0.3) is 0 Å². The molecule has 0 aliphatic rings. The van der Waals surface area contributed by atoms with Crippen molar-refractivity contribution in [1.82, 2.24) is 0 Å². The van der Waals surface area contributed by atoms with Crippen LogP contribution in [0.1, 0.15) is 36.5 Å². The van der Waals surface area contributed by atoms with Crippen molar-refractivity contribution in [3.8, 4) is 6.07 Å². The van der Waals surface area contributed by atoms with E-state index in [9.17, 15) is 0 Å². The Hall–Kier alpha value is -1.72. The maximum Gasteiger partial charge on any atom is 0.0994 e. The monoisotopic (exact) mass is 267 g/mol. The maximum absolute atomic E-state index is 9.05. The van der Waals surface area contributed by atoms with Crippen LogP contribution in [0, 0.1) is 11.3 Å². The van der Waals surface area contributed by atoms with Gasteiger partial charge in [-0.1, -0.05) is 44.2 Å². The van der Waals surface area contributed by atoms with Crippen molar-refractivity contribution >= 4 is 11.8 Å². The molecule has 0 atom stereocenters. The van der Waals surface area contributed by atoms with Gasteiger partial charge in [-0.25, -0.2) is 0 Å². The highest BCUT2D eigenvalue weighted by atomic mass is 32.2. The molecule has 0 spiro atoms. The molecule has 0 saturated carbocycles. The van der Waals surface area contributed by atoms with Gasteiger partial charge in [-0.15, -0.1) is 11.8 Å². The molecule has 2 aromatic rings. The zero-order valence-electron chi connectivity index (χ0n) is 11.3. The minimum atomic E-state index is 0.568. The van der Waals surface area contributed by atoms with Crippen LogP contribution in [0.4, 0.5) is 0 Å². The van der Waals surface area contributed by atoms with Crippen LogP contribution in [0.25, 0.3) is 0 Å². The number of nitrogens with zero attached hydrogens (tertiary/aromatic N) is 1. The fraction of sp³-hybridized carbons (Fsp3) is 0.235. The highest BCUT2D eigenvalue weighted by Crippen LogP contribution is 2.26. The van der Waals surface area contributed by atoms with Crippen molar-refractivity contribution in [2.45, 2.75) is 30.4 Å². The Morgan fingerprint density at radius 3 is 2.37 bits per heavy atom. The summed E-state index contributed by atoms with van der Waals surface area (Å²) in [5.41, 5.74) is 3.23. The molecule has 2 aromatic carbocycles. The lowest BCUT2D eigenvalue weighted by Crippen LogP contribution is -1.88. The van der Waals surface area contributed by atoms with E-state index in [4.69, 9.17) is 5.26 Å². The van der Waals surface area contributed by atoms with Crippen molar-refractivity contribution in [3.05, 3.63) is 65.2 Å². The molecule has 19 heavy (non-hydrogen) atoms. The topological polar surface area (TPSA) is 23.8 Å². The molecule has 0 unspecified atom stereocenters. The van der Waals surface area contributed by atoms with Gasteiger partial charge >= 0.3 is 0 Å². The number of rotatable bonds is 4. The Morgan fingerprint density at radius 2 is 1.74 bits per heavy atom. The Kier molecular flexibility index (Phi) is 4.65. The maximum atomic E-state index is 9.05. The Balaban J connectivity index is 2.04. The average molecular weight is 267 g/mol. The highest BCUT2D eigenvalue weighted by Gasteiger charge is 2.03. The van der Waals surface area contributed by atoms with E-state index < -0.39 is 0 Å². The molecule has 96 valence electrons. The van der Waals surface area contributed by atoms with Crippen LogP contribution in [-0.2, 0) is 5.75 Å². The third-order valence-electron chi connectivity index (χ3n) is 3.08. The standard InChI is InChI=1S/C17H17NS/c1-13(2)14-7-9-17(10-8-14)19-12-16-6-4-3-5-15(16)11-18/h3-10,13H,12H2,1-2H3. The van der Waals surface area contributed by atoms with Crippen LogP contribution in [0.15, 0.2) is 53.4 Å². The molecule has 0 aliphatic carbocycles. The average Bonchev–Trinajstić information content (AvgIpc) is 2.45. The number of nitriles is 1. The van der Waals surface area contributed by atoms with Crippen LogP contribution in [-0.4, -0.2) is 0 Å². The fourth-order valence-corrected chi connectivity index (χ4v) is 2.77. The quantitative estimate of drug-likeness (QED) is 0.730. The van der Waals surface area contributed by atoms with E-state index in [1.807, 2.05) is 24.3 Å². The third-order valence-corrected chi connectivity index (χ3v) is 4.14. The first-order valence-electron chi connectivity index (χ1n) is 6.41. The number of benzene rings is 2. The van der Waals surface area contributed by atoms with E-state index in [1.54, 1.807) is 11.8 Å². The highest BCUT2D eigenvalue weighted by molar-refractivity contribution is 7.98. The first kappa shape index (κ1) is 13.7. The van der Waals surface area contributed by atoms with E-state index >= 15 is 0 Å². The van der Waals surface area contributed by atoms with E-state index in [-0.39, 0.29) is 0 Å². The number of hydrogen-bond acceptors (Lipinski definition) is 2. The first-order valence-corrected chi connectivity index (χ1v) is 7.40. The largest absolute Gasteiger partial charge is 0.192 e. The van der Waals surface area contributed by atoms with Crippen LogP contribution >= 0.6 is 11.8 Å². The van der Waals surface area contributed by atoms with Gasteiger partial charge in [0.05, 0.1) is 11.6 Å². The van der Waals surface area contributed by atoms with E-state index in [0.717, 1.165) is 16.9 Å². The predicted octanol–water partition coefficient (Wildman–Crippen LogP) is 4.97. The molecule has 0 fully saturated rings. The molecule has 0 aliphatic heterocycles. The Bertz CT molecular complexity index is 579. The van der Waals surface area contributed by atoms with E-state index in [1.165, 1.54) is 10.5 Å². The normalized spacial score (nSPS) is 10.4. The second-order valence-corrected chi connectivity index (χ2v) is 5.83. The van der Waals surface area contributed by atoms with Crippen molar-refractivity contribution in [1.29, 1.82) is 5.26 Å². The second-order valence-electron chi connectivity index (χ2n) is 4.78. The summed E-state index contributed by atoms with van der Waals surface area (Å²) in [5.74, 6) is 1.41. The van der Waals surface area contributed by atoms with Gasteiger partial charge in [-0.05, 0) is 35.2 Å². The Labute approximate surface area is 119 Å². The van der Waals surface area contributed by atoms with Gasteiger partial charge in [-0.2, -0.15) is 5.26 Å². The van der Waals surface area contributed by atoms with Crippen molar-refractivity contribution in [2.75, 3.05) is 0 Å². The predicted molar refractivity (Wildman–Crippen MR) is 81.2 cm³/mol. The summed E-state index contributed by atoms with van der Waals surface area (Å²) in [6, 6.07) is 18.7. The lowest BCUT2D eigenvalue weighted by molar-refractivity contribution is 0.865. The summed E-state index contributed by atoms with van der Waals surface area (Å²) in [4.78, 5) is 1.25. The van der Waals surface area contributed by atoms with Gasteiger partial charge < -0.3 is 0 Å². The van der Waals surface area contributed by atoms with Gasteiger partial charge in [0.15, 0.2) is 0 Å². The molecule has 0 aromatic heterocycles. The third kappa shape index (κ3) is 3.62. The molecule has 0 heterocycles. The van der Waals surface area contributed by atoms with E-state index in [0.29, 0.717) is 5.92 Å². The summed E-state index contributed by atoms with van der Waals surface area (Å²) in [5, 5.41) is 9.05. The van der Waals surface area contributed by atoms with Gasteiger partial charge in [0.1, 0.15) is 0 Å². The molecule has 0 radical (unpaired) electrons. The first-order chi connectivity index (χ1) is 9.20. The van der Waals surface area contributed by atoms with Gasteiger partial charge in [-0.3, -0.25) is 0 Å². The molecule has 0 saturated heterocycles. The zero-order valence-corrected chi connectivity index (χ0v) is 12.1. The van der Waals surface area contributed by atoms with Crippen LogP contribution < -0.4 is 0 Å². The summed E-state index contributed by atoms with van der Waals surface area (Å²) >= 11 is 1.77. The number of hydrogen-bond donors (Lipinski definition) is 0. The summed E-state index contributed by atoms with van der Waals surface area (Å²) in [6.45, 7) is 4.40. The van der Waals surface area contributed by atoms with Crippen LogP contribution in [0.3, 0.4) is 0 Å². The van der Waals surface area contributed by atoms with Gasteiger partial charge in [0, 0.05) is 10.6 Å². The van der Waals surface area contributed by atoms with Crippen LogP contribution in [0.5, 0.6) is 0 Å². The Morgan fingerprint density at radius 1 is 1.05 bits per heavy atom. The molecule has 1 nitrogen and oxygen atoms in total. The molecule has 2 rings (SSSR count). The minimum Gasteiger partial charge on any atom is -0.192 e. The van der Waals surface area contributed by atoms with Crippen molar-refractivity contribution in [2.24, 2.45) is 0 Å². The summed E-state index contributed by atoms with van der Waals surface area (Å²) in [6.07, 6.45) is 0. The smallest absolute Gasteiger partial charge is 0.0994 e. The van der Waals surface area contributed by atoms with Crippen molar-refractivity contribution < 1.29 is 0 Å². The van der Waals surface area contributed by atoms with Gasteiger partial charge in [0.2, 0.25) is 0 Å². The summed E-state index contributed by atoms with van der Waals surface area (Å²) < 4.78 is 0.